The van der Waals surface area contributed by atoms with Gasteiger partial charge in [-0.3, -0.25) is 4.40 Å². The van der Waals surface area contributed by atoms with Gasteiger partial charge in [0, 0.05) is 17.8 Å². The summed E-state index contributed by atoms with van der Waals surface area (Å²) in [6, 6.07) is 6.52. The third-order valence-corrected chi connectivity index (χ3v) is 3.07. The van der Waals surface area contributed by atoms with E-state index in [0.29, 0.717) is 16.4 Å². The summed E-state index contributed by atoms with van der Waals surface area (Å²) in [7, 11) is 0. The standard InChI is InChI=1S/C13H8ClF2N3/c14-10-2-1-3-19-12(17)11(18-13(10)19)7-4-8(15)6-9(16)5-7/h1-6H,17H2. The zero-order valence-corrected chi connectivity index (χ0v) is 10.3. The number of hydrogen-bond acceptors (Lipinski definition) is 2. The van der Waals surface area contributed by atoms with Gasteiger partial charge in [0.1, 0.15) is 23.1 Å². The summed E-state index contributed by atoms with van der Waals surface area (Å²) in [6.07, 6.45) is 1.68. The van der Waals surface area contributed by atoms with Crippen LogP contribution in [0.1, 0.15) is 0 Å². The number of imidazole rings is 1. The Hall–Kier alpha value is -2.14. The molecule has 0 radical (unpaired) electrons. The normalized spacial score (nSPS) is 11.1. The number of hydrogen-bond donors (Lipinski definition) is 1. The number of fused-ring (bicyclic) bond motifs is 1. The van der Waals surface area contributed by atoms with Crippen molar-refractivity contribution in [2.75, 3.05) is 5.73 Å². The molecule has 3 rings (SSSR count). The van der Waals surface area contributed by atoms with Crippen LogP contribution in [0.5, 0.6) is 0 Å². The van der Waals surface area contributed by atoms with E-state index in [0.717, 1.165) is 6.07 Å². The van der Waals surface area contributed by atoms with E-state index in [1.165, 1.54) is 12.1 Å². The molecule has 2 heterocycles. The Morgan fingerprint density at radius 3 is 2.47 bits per heavy atom. The molecular weight excluding hydrogens is 272 g/mol. The Balaban J connectivity index is 2.31. The van der Waals surface area contributed by atoms with E-state index in [-0.39, 0.29) is 11.4 Å². The molecule has 0 saturated heterocycles. The lowest BCUT2D eigenvalue weighted by atomic mass is 10.1. The fraction of sp³-hybridized carbons (Fsp3) is 0. The van der Waals surface area contributed by atoms with Gasteiger partial charge in [-0.15, -0.1) is 0 Å². The van der Waals surface area contributed by atoms with Crippen molar-refractivity contribution < 1.29 is 8.78 Å². The minimum Gasteiger partial charge on any atom is -0.383 e. The van der Waals surface area contributed by atoms with Crippen molar-refractivity contribution in [3.8, 4) is 11.3 Å². The van der Waals surface area contributed by atoms with Gasteiger partial charge in [0.25, 0.3) is 0 Å². The molecule has 0 unspecified atom stereocenters. The lowest BCUT2D eigenvalue weighted by molar-refractivity contribution is 0.584. The Labute approximate surface area is 112 Å². The first-order valence-corrected chi connectivity index (χ1v) is 5.82. The Morgan fingerprint density at radius 1 is 1.16 bits per heavy atom. The van der Waals surface area contributed by atoms with Crippen LogP contribution in [0.4, 0.5) is 14.6 Å². The maximum Gasteiger partial charge on any atom is 0.157 e. The molecule has 0 spiro atoms. The summed E-state index contributed by atoms with van der Waals surface area (Å²) in [5.41, 5.74) is 6.95. The van der Waals surface area contributed by atoms with Gasteiger partial charge in [0.15, 0.2) is 5.65 Å². The number of halogens is 3. The Bertz CT molecular complexity index is 763. The van der Waals surface area contributed by atoms with Crippen molar-refractivity contribution in [2.45, 2.75) is 0 Å². The second-order valence-corrected chi connectivity index (χ2v) is 4.46. The molecule has 0 saturated carbocycles. The maximum atomic E-state index is 13.2. The molecule has 96 valence electrons. The molecule has 2 aromatic heterocycles. The molecule has 0 aliphatic heterocycles. The number of nitrogen functional groups attached to an aromatic ring is 1. The molecule has 2 N–H and O–H groups in total. The third kappa shape index (κ3) is 1.92. The maximum absolute atomic E-state index is 13.2. The summed E-state index contributed by atoms with van der Waals surface area (Å²) >= 11 is 6.01. The molecular formula is C13H8ClF2N3. The van der Waals surface area contributed by atoms with Gasteiger partial charge >= 0.3 is 0 Å². The molecule has 0 atom stereocenters. The van der Waals surface area contributed by atoms with Crippen molar-refractivity contribution >= 4 is 23.1 Å². The quantitative estimate of drug-likeness (QED) is 0.741. The Kier molecular flexibility index (Phi) is 2.64. The highest BCUT2D eigenvalue weighted by atomic mass is 35.5. The molecule has 6 heteroatoms. The molecule has 0 fully saturated rings. The van der Waals surface area contributed by atoms with Gasteiger partial charge in [0.2, 0.25) is 0 Å². The van der Waals surface area contributed by atoms with Crippen LogP contribution < -0.4 is 5.73 Å². The third-order valence-electron chi connectivity index (χ3n) is 2.78. The summed E-state index contributed by atoms with van der Waals surface area (Å²) < 4.78 is 28.0. The highest BCUT2D eigenvalue weighted by Gasteiger charge is 2.14. The predicted octanol–water partition coefficient (Wildman–Crippen LogP) is 3.52. The number of nitrogens with zero attached hydrogens (tertiary/aromatic N) is 2. The van der Waals surface area contributed by atoms with Crippen LogP contribution in [0.3, 0.4) is 0 Å². The van der Waals surface area contributed by atoms with Gasteiger partial charge in [0.05, 0.1) is 5.02 Å². The number of pyridine rings is 1. The molecule has 1 aromatic carbocycles. The summed E-state index contributed by atoms with van der Waals surface area (Å²) in [4.78, 5) is 4.24. The average molecular weight is 280 g/mol. The summed E-state index contributed by atoms with van der Waals surface area (Å²) in [5, 5.41) is 0.414. The van der Waals surface area contributed by atoms with Crippen molar-refractivity contribution in [2.24, 2.45) is 0 Å². The molecule has 0 aliphatic rings. The molecule has 19 heavy (non-hydrogen) atoms. The smallest absolute Gasteiger partial charge is 0.157 e. The van der Waals surface area contributed by atoms with E-state index < -0.39 is 11.6 Å². The second kappa shape index (κ2) is 4.20. The largest absolute Gasteiger partial charge is 0.383 e. The zero-order valence-electron chi connectivity index (χ0n) is 9.57. The van der Waals surface area contributed by atoms with Gasteiger partial charge in [-0.05, 0) is 24.3 Å². The van der Waals surface area contributed by atoms with Crippen LogP contribution in [0.25, 0.3) is 16.9 Å². The van der Waals surface area contributed by atoms with Crippen LogP contribution in [0, 0.1) is 11.6 Å². The van der Waals surface area contributed by atoms with E-state index in [9.17, 15) is 8.78 Å². The van der Waals surface area contributed by atoms with Crippen LogP contribution in [-0.2, 0) is 0 Å². The number of rotatable bonds is 1. The minimum absolute atomic E-state index is 0.273. The van der Waals surface area contributed by atoms with E-state index in [4.69, 9.17) is 17.3 Å². The second-order valence-electron chi connectivity index (χ2n) is 4.05. The highest BCUT2D eigenvalue weighted by Crippen LogP contribution is 2.29. The van der Waals surface area contributed by atoms with Crippen molar-refractivity contribution in [1.82, 2.24) is 9.38 Å². The van der Waals surface area contributed by atoms with Gasteiger partial charge in [-0.2, -0.15) is 0 Å². The molecule has 0 bridgehead atoms. The van der Waals surface area contributed by atoms with Crippen LogP contribution in [-0.4, -0.2) is 9.38 Å². The van der Waals surface area contributed by atoms with Gasteiger partial charge in [-0.1, -0.05) is 11.6 Å². The fourth-order valence-electron chi connectivity index (χ4n) is 1.96. The first-order valence-electron chi connectivity index (χ1n) is 5.45. The molecule has 0 amide bonds. The number of benzene rings is 1. The number of anilines is 1. The predicted molar refractivity (Wildman–Crippen MR) is 70.0 cm³/mol. The van der Waals surface area contributed by atoms with Crippen molar-refractivity contribution in [3.63, 3.8) is 0 Å². The summed E-state index contributed by atoms with van der Waals surface area (Å²) in [5.74, 6) is -1.09. The first-order chi connectivity index (χ1) is 9.06. The molecule has 0 aliphatic carbocycles. The zero-order chi connectivity index (χ0) is 13.6. The van der Waals surface area contributed by atoms with E-state index in [2.05, 4.69) is 4.98 Å². The Morgan fingerprint density at radius 2 is 1.84 bits per heavy atom. The van der Waals surface area contributed by atoms with Crippen LogP contribution in [0.15, 0.2) is 36.5 Å². The fourth-order valence-corrected chi connectivity index (χ4v) is 2.16. The average Bonchev–Trinajstić information content (AvgIpc) is 2.68. The lowest BCUT2D eigenvalue weighted by Gasteiger charge is -2.00. The topological polar surface area (TPSA) is 43.3 Å². The SMILES string of the molecule is Nc1c(-c2cc(F)cc(F)c2)nc2c(Cl)cccn12. The number of aromatic nitrogens is 2. The number of nitrogens with two attached hydrogens (primary N) is 1. The van der Waals surface area contributed by atoms with Crippen molar-refractivity contribution in [3.05, 3.63) is 53.2 Å². The van der Waals surface area contributed by atoms with Gasteiger partial charge in [-0.25, -0.2) is 13.8 Å². The first kappa shape index (κ1) is 11.9. The van der Waals surface area contributed by atoms with E-state index >= 15 is 0 Å². The van der Waals surface area contributed by atoms with Crippen LogP contribution in [0.2, 0.25) is 5.02 Å². The molecule has 3 aromatic rings. The van der Waals surface area contributed by atoms with E-state index in [1.807, 2.05) is 0 Å². The molecule has 3 nitrogen and oxygen atoms in total. The monoisotopic (exact) mass is 279 g/mol. The van der Waals surface area contributed by atoms with Gasteiger partial charge < -0.3 is 5.73 Å². The highest BCUT2D eigenvalue weighted by molar-refractivity contribution is 6.33. The summed E-state index contributed by atoms with van der Waals surface area (Å²) in [6.45, 7) is 0. The minimum atomic E-state index is -0.683. The van der Waals surface area contributed by atoms with E-state index in [1.54, 1.807) is 22.7 Å². The van der Waals surface area contributed by atoms with Crippen LogP contribution >= 0.6 is 11.6 Å². The van der Waals surface area contributed by atoms with Crippen molar-refractivity contribution in [1.29, 1.82) is 0 Å². The lowest BCUT2D eigenvalue weighted by Crippen LogP contribution is -1.94.